The Morgan fingerprint density at radius 2 is 1.85 bits per heavy atom. The number of hydrogen-bond donors (Lipinski definition) is 1. The maximum absolute atomic E-state index is 12.3. The number of anilines is 1. The van der Waals surface area contributed by atoms with E-state index in [2.05, 4.69) is 5.32 Å². The second-order valence-corrected chi connectivity index (χ2v) is 5.67. The molecule has 140 valence electrons. The Morgan fingerprint density at radius 3 is 2.59 bits per heavy atom. The van der Waals surface area contributed by atoms with E-state index >= 15 is 0 Å². The molecule has 2 aromatic rings. The van der Waals surface area contributed by atoms with Crippen LogP contribution in [0.25, 0.3) is 0 Å². The number of esters is 1. The number of amides is 1. The first-order valence-electron chi connectivity index (χ1n) is 8.10. The first-order chi connectivity index (χ1) is 13.0. The van der Waals surface area contributed by atoms with Gasteiger partial charge in [-0.1, -0.05) is 12.1 Å². The van der Waals surface area contributed by atoms with Gasteiger partial charge in [-0.3, -0.25) is 14.9 Å². The summed E-state index contributed by atoms with van der Waals surface area (Å²) in [5.74, 6) is -0.458. The van der Waals surface area contributed by atoms with Crippen LogP contribution in [-0.4, -0.2) is 36.1 Å². The Balaban J connectivity index is 1.66. The van der Waals surface area contributed by atoms with Crippen molar-refractivity contribution in [2.24, 2.45) is 0 Å². The molecule has 0 unspecified atom stereocenters. The number of fused-ring (bicyclic) bond motifs is 1. The van der Waals surface area contributed by atoms with Crippen LogP contribution >= 0.6 is 0 Å². The minimum atomic E-state index is -1.16. The molecule has 9 nitrogen and oxygen atoms in total. The summed E-state index contributed by atoms with van der Waals surface area (Å²) in [7, 11) is 0. The van der Waals surface area contributed by atoms with E-state index in [-0.39, 0.29) is 16.9 Å². The molecule has 0 aromatic heterocycles. The molecule has 9 heteroatoms. The number of nitrogens with one attached hydrogen (secondary N) is 1. The molecule has 3 rings (SSSR count). The summed E-state index contributed by atoms with van der Waals surface area (Å²) in [4.78, 5) is 34.9. The van der Waals surface area contributed by atoms with Crippen LogP contribution in [0.4, 0.5) is 11.4 Å². The van der Waals surface area contributed by atoms with Crippen LogP contribution in [0, 0.1) is 10.1 Å². The molecule has 2 aromatic carbocycles. The topological polar surface area (TPSA) is 117 Å². The molecule has 0 spiro atoms. The second kappa shape index (κ2) is 7.73. The molecule has 1 aliphatic heterocycles. The van der Waals surface area contributed by atoms with Gasteiger partial charge in [-0.15, -0.1) is 0 Å². The van der Waals surface area contributed by atoms with Crippen molar-refractivity contribution in [3.63, 3.8) is 0 Å². The van der Waals surface area contributed by atoms with Crippen molar-refractivity contribution in [2.45, 2.75) is 13.0 Å². The molecule has 1 heterocycles. The number of nitro groups is 1. The van der Waals surface area contributed by atoms with E-state index in [9.17, 15) is 19.7 Å². The van der Waals surface area contributed by atoms with Gasteiger partial charge in [0.2, 0.25) is 0 Å². The summed E-state index contributed by atoms with van der Waals surface area (Å²) in [6, 6.07) is 10.3. The average molecular weight is 372 g/mol. The Hall–Kier alpha value is -3.62. The summed E-state index contributed by atoms with van der Waals surface area (Å²) >= 11 is 0. The predicted molar refractivity (Wildman–Crippen MR) is 94.0 cm³/mol. The molecule has 1 atom stereocenters. The lowest BCUT2D eigenvalue weighted by Crippen LogP contribution is -2.30. The highest BCUT2D eigenvalue weighted by Crippen LogP contribution is 2.31. The summed E-state index contributed by atoms with van der Waals surface area (Å²) in [6.45, 7) is 2.18. The van der Waals surface area contributed by atoms with Crippen molar-refractivity contribution in [3.05, 3.63) is 58.1 Å². The minimum Gasteiger partial charge on any atom is -0.486 e. The first kappa shape index (κ1) is 18.2. The van der Waals surface area contributed by atoms with E-state index < -0.39 is 22.9 Å². The zero-order chi connectivity index (χ0) is 19.4. The molecule has 0 aliphatic carbocycles. The molecular weight excluding hydrogens is 356 g/mol. The molecule has 1 aliphatic rings. The normalized spacial score (nSPS) is 13.4. The molecule has 0 saturated heterocycles. The summed E-state index contributed by atoms with van der Waals surface area (Å²) in [5, 5.41) is 13.4. The Bertz CT molecular complexity index is 897. The van der Waals surface area contributed by atoms with Gasteiger partial charge < -0.3 is 19.5 Å². The number of benzene rings is 2. The van der Waals surface area contributed by atoms with Crippen molar-refractivity contribution >= 4 is 23.3 Å². The third-order valence-electron chi connectivity index (χ3n) is 3.79. The zero-order valence-electron chi connectivity index (χ0n) is 14.3. The maximum Gasteiger partial charge on any atom is 0.339 e. The highest BCUT2D eigenvalue weighted by Gasteiger charge is 2.23. The highest BCUT2D eigenvalue weighted by molar-refractivity contribution is 5.98. The van der Waals surface area contributed by atoms with E-state index in [0.29, 0.717) is 24.7 Å². The van der Waals surface area contributed by atoms with Crippen molar-refractivity contribution in [2.75, 3.05) is 18.5 Å². The summed E-state index contributed by atoms with van der Waals surface area (Å²) < 4.78 is 15.9. The van der Waals surface area contributed by atoms with Gasteiger partial charge >= 0.3 is 5.97 Å². The van der Waals surface area contributed by atoms with Crippen LogP contribution in [0.3, 0.4) is 0 Å². The number of nitrogens with zero attached hydrogens (tertiary/aromatic N) is 1. The maximum atomic E-state index is 12.3. The molecule has 0 saturated carbocycles. The lowest BCUT2D eigenvalue weighted by Gasteiger charge is -2.19. The first-order valence-corrected chi connectivity index (χ1v) is 8.10. The molecule has 1 N–H and O–H groups in total. The lowest BCUT2D eigenvalue weighted by atomic mass is 10.2. The fraction of sp³-hybridized carbons (Fsp3) is 0.222. The SMILES string of the molecule is C[C@H](OC(=O)c1ccc2c(c1)OCCO2)C(=O)Nc1ccccc1[N+](=O)[O-]. The van der Waals surface area contributed by atoms with E-state index in [0.717, 1.165) is 0 Å². The van der Waals surface area contributed by atoms with E-state index in [4.69, 9.17) is 14.2 Å². The van der Waals surface area contributed by atoms with Crippen LogP contribution in [0.5, 0.6) is 11.5 Å². The van der Waals surface area contributed by atoms with Crippen molar-refractivity contribution in [1.82, 2.24) is 0 Å². The zero-order valence-corrected chi connectivity index (χ0v) is 14.3. The van der Waals surface area contributed by atoms with Gasteiger partial charge in [-0.2, -0.15) is 0 Å². The molecule has 1 amide bonds. The summed E-state index contributed by atoms with van der Waals surface area (Å²) in [6.07, 6.45) is -1.16. The fourth-order valence-corrected chi connectivity index (χ4v) is 2.43. The number of ether oxygens (including phenoxy) is 3. The highest BCUT2D eigenvalue weighted by atomic mass is 16.6. The van der Waals surface area contributed by atoms with Crippen LogP contribution in [0.2, 0.25) is 0 Å². The average Bonchev–Trinajstić information content (AvgIpc) is 2.67. The number of rotatable bonds is 5. The Morgan fingerprint density at radius 1 is 1.15 bits per heavy atom. The molecule has 27 heavy (non-hydrogen) atoms. The third kappa shape index (κ3) is 4.14. The molecule has 0 fully saturated rings. The Kier molecular flexibility index (Phi) is 5.20. The van der Waals surface area contributed by atoms with Crippen LogP contribution in [0.15, 0.2) is 42.5 Å². The fourth-order valence-electron chi connectivity index (χ4n) is 2.43. The molecule has 0 radical (unpaired) electrons. The number of para-hydroxylation sites is 2. The monoisotopic (exact) mass is 372 g/mol. The second-order valence-electron chi connectivity index (χ2n) is 5.67. The van der Waals surface area contributed by atoms with Gasteiger partial charge in [-0.05, 0) is 31.2 Å². The Labute approximate surface area is 154 Å². The van der Waals surface area contributed by atoms with Crippen LogP contribution in [0.1, 0.15) is 17.3 Å². The van der Waals surface area contributed by atoms with Gasteiger partial charge in [0.25, 0.3) is 11.6 Å². The van der Waals surface area contributed by atoms with Gasteiger partial charge in [-0.25, -0.2) is 4.79 Å². The van der Waals surface area contributed by atoms with Gasteiger partial charge in [0, 0.05) is 6.07 Å². The van der Waals surface area contributed by atoms with E-state index in [1.165, 1.54) is 37.3 Å². The molecule has 0 bridgehead atoms. The van der Waals surface area contributed by atoms with Gasteiger partial charge in [0.05, 0.1) is 10.5 Å². The largest absolute Gasteiger partial charge is 0.486 e. The van der Waals surface area contributed by atoms with Gasteiger partial charge in [0.1, 0.15) is 18.9 Å². The smallest absolute Gasteiger partial charge is 0.339 e. The minimum absolute atomic E-state index is 0.0229. The van der Waals surface area contributed by atoms with Crippen molar-refractivity contribution in [1.29, 1.82) is 0 Å². The van der Waals surface area contributed by atoms with E-state index in [1.807, 2.05) is 0 Å². The summed E-state index contributed by atoms with van der Waals surface area (Å²) in [5.41, 5.74) is -0.0319. The number of nitro benzene ring substituents is 1. The van der Waals surface area contributed by atoms with Gasteiger partial charge in [0.15, 0.2) is 17.6 Å². The van der Waals surface area contributed by atoms with Crippen LogP contribution < -0.4 is 14.8 Å². The van der Waals surface area contributed by atoms with Crippen molar-refractivity contribution < 1.29 is 28.7 Å². The lowest BCUT2D eigenvalue weighted by molar-refractivity contribution is -0.383. The third-order valence-corrected chi connectivity index (χ3v) is 3.79. The number of carbonyl (C=O) groups is 2. The standard InChI is InChI=1S/C18H16N2O7/c1-11(17(21)19-13-4-2-3-5-14(13)20(23)24)27-18(22)12-6-7-15-16(10-12)26-9-8-25-15/h2-7,10-11H,8-9H2,1H3,(H,19,21)/t11-/m0/s1. The molecular formula is C18H16N2O7. The quantitative estimate of drug-likeness (QED) is 0.487. The number of hydrogen-bond acceptors (Lipinski definition) is 7. The number of carbonyl (C=O) groups excluding carboxylic acids is 2. The van der Waals surface area contributed by atoms with Crippen LogP contribution in [-0.2, 0) is 9.53 Å². The predicted octanol–water partition coefficient (Wildman–Crippen LogP) is 2.55. The van der Waals surface area contributed by atoms with Crippen molar-refractivity contribution in [3.8, 4) is 11.5 Å². The van der Waals surface area contributed by atoms with E-state index in [1.54, 1.807) is 12.1 Å².